The van der Waals surface area contributed by atoms with Gasteiger partial charge in [-0.05, 0) is 0 Å². The Labute approximate surface area is 270 Å². The molecule has 5 rings (SSSR count). The fraction of sp³-hybridized carbons (Fsp3) is 0.351. The second-order valence-electron chi connectivity index (χ2n) is 12.2. The normalized spacial score (nSPS) is 14.5. The van der Waals surface area contributed by atoms with Crippen molar-refractivity contribution in [2.24, 2.45) is 11.3 Å². The van der Waals surface area contributed by atoms with Crippen LogP contribution in [0.5, 0.6) is 0 Å². The molecule has 0 spiro atoms. The van der Waals surface area contributed by atoms with Crippen LogP contribution in [0.3, 0.4) is 0 Å². The van der Waals surface area contributed by atoms with Gasteiger partial charge >= 0.3 is 89.5 Å². The number of halogens is 2. The molecule has 1 aliphatic rings. The molecule has 0 aromatic heterocycles. The molecule has 0 bridgehead atoms. The minimum Gasteiger partial charge on any atom is -1.00 e. The molecule has 0 fully saturated rings. The second kappa shape index (κ2) is 16.1. The van der Waals surface area contributed by atoms with Crippen LogP contribution in [0.1, 0.15) is 79.4 Å². The Morgan fingerprint density at radius 3 is 1.62 bits per heavy atom. The number of benzene rings is 3. The summed E-state index contributed by atoms with van der Waals surface area (Å²) in [4.78, 5) is 0. The zero-order chi connectivity index (χ0) is 27.9. The molecule has 0 N–H and O–H groups in total. The van der Waals surface area contributed by atoms with E-state index in [-0.39, 0.29) is 30.2 Å². The molecule has 0 nitrogen and oxygen atoms in total. The van der Waals surface area contributed by atoms with Gasteiger partial charge in [0.15, 0.2) is 0 Å². The molecule has 0 radical (unpaired) electrons. The van der Waals surface area contributed by atoms with Gasteiger partial charge in [-0.15, -0.1) is 39.7 Å². The van der Waals surface area contributed by atoms with E-state index < -0.39 is 0 Å². The molecule has 3 heteroatoms. The Bertz CT molecular complexity index is 1360. The monoisotopic (exact) mass is 648 g/mol. The number of fused-ring (bicyclic) bond motifs is 3. The molecular weight excluding hydrogens is 607 g/mol. The molecule has 4 aromatic rings. The minimum absolute atomic E-state index is 0. The number of hydrogen-bond donors (Lipinski definition) is 0. The van der Waals surface area contributed by atoms with Gasteiger partial charge in [-0.3, -0.25) is 6.08 Å². The maximum absolute atomic E-state index is 3.57. The molecule has 40 heavy (non-hydrogen) atoms. The van der Waals surface area contributed by atoms with Crippen molar-refractivity contribution in [1.82, 2.24) is 0 Å². The first kappa shape index (κ1) is 36.4. The maximum Gasteiger partial charge on any atom is -0.0640 e. The van der Waals surface area contributed by atoms with Crippen LogP contribution >= 0.6 is 0 Å². The van der Waals surface area contributed by atoms with Crippen LogP contribution in [-0.2, 0) is 29.7 Å². The number of rotatable bonds is 3. The van der Waals surface area contributed by atoms with Crippen molar-refractivity contribution in [2.45, 2.75) is 73.6 Å². The van der Waals surface area contributed by atoms with Crippen LogP contribution in [0, 0.1) is 17.4 Å². The van der Waals surface area contributed by atoms with Crippen LogP contribution in [0.15, 0.2) is 96.1 Å². The average Bonchev–Trinajstić information content (AvgIpc) is 3.50. The van der Waals surface area contributed by atoms with Crippen molar-refractivity contribution in [3.05, 3.63) is 113 Å². The van der Waals surface area contributed by atoms with Crippen molar-refractivity contribution < 1.29 is 49.0 Å². The van der Waals surface area contributed by atoms with Gasteiger partial charge in [0, 0.05) is 0 Å². The topological polar surface area (TPSA) is 0 Å². The van der Waals surface area contributed by atoms with Crippen LogP contribution in [0.2, 0.25) is 0 Å². The third-order valence-corrected chi connectivity index (χ3v) is 7.94. The first-order valence-corrected chi connectivity index (χ1v) is 15.4. The number of allylic oxidation sites excluding steroid dienone is 4. The first-order chi connectivity index (χ1) is 18.0. The summed E-state index contributed by atoms with van der Waals surface area (Å²) >= 11 is 1.46. The average molecular weight is 651 g/mol. The third kappa shape index (κ3) is 9.72. The Morgan fingerprint density at radius 1 is 0.750 bits per heavy atom. The fourth-order valence-corrected chi connectivity index (χ4v) is 5.32. The molecule has 212 valence electrons. The van der Waals surface area contributed by atoms with Crippen LogP contribution < -0.4 is 24.8 Å². The minimum atomic E-state index is 0. The Kier molecular flexibility index (Phi) is 14.6. The van der Waals surface area contributed by atoms with Gasteiger partial charge in [0.05, 0.1) is 0 Å². The molecule has 1 unspecified atom stereocenters. The van der Waals surface area contributed by atoms with Crippen LogP contribution in [-0.4, -0.2) is 3.71 Å². The van der Waals surface area contributed by atoms with Gasteiger partial charge < -0.3 is 24.8 Å². The molecule has 1 atom stereocenters. The zero-order valence-corrected chi connectivity index (χ0v) is 29.4. The van der Waals surface area contributed by atoms with Crippen molar-refractivity contribution in [1.29, 1.82) is 0 Å². The van der Waals surface area contributed by atoms with E-state index in [1.807, 2.05) is 0 Å². The van der Waals surface area contributed by atoms with Gasteiger partial charge in [0.2, 0.25) is 0 Å². The smallest absolute Gasteiger partial charge is 0.0640 e. The zero-order valence-electron chi connectivity index (χ0n) is 25.4. The van der Waals surface area contributed by atoms with Crippen molar-refractivity contribution in [2.75, 3.05) is 0 Å². The summed E-state index contributed by atoms with van der Waals surface area (Å²) in [5.41, 5.74) is 6.27. The number of hydrogen-bond acceptors (Lipinski definition) is 0. The molecule has 0 aliphatic heterocycles. The Hall–Kier alpha value is -1.66. The third-order valence-electron chi connectivity index (χ3n) is 7.12. The van der Waals surface area contributed by atoms with Gasteiger partial charge in [0.1, 0.15) is 0 Å². The molecule has 4 aromatic carbocycles. The summed E-state index contributed by atoms with van der Waals surface area (Å²) in [6.07, 6.45) is 8.28. The van der Waals surface area contributed by atoms with Crippen LogP contribution in [0.25, 0.3) is 21.5 Å². The quantitative estimate of drug-likeness (QED) is 0.286. The molecular formula is C37H44Cl2Zr-2. The van der Waals surface area contributed by atoms with Gasteiger partial charge in [-0.25, -0.2) is 5.57 Å². The largest absolute Gasteiger partial charge is 1.00 e. The van der Waals surface area contributed by atoms with Crippen molar-refractivity contribution in [3.8, 4) is 0 Å². The second-order valence-corrected chi connectivity index (χ2v) is 12.9. The summed E-state index contributed by atoms with van der Waals surface area (Å²) in [7, 11) is 0. The van der Waals surface area contributed by atoms with Gasteiger partial charge in [-0.2, -0.15) is 11.6 Å². The molecule has 1 aliphatic carbocycles. The van der Waals surface area contributed by atoms with E-state index in [1.54, 1.807) is 0 Å². The predicted molar refractivity (Wildman–Crippen MR) is 166 cm³/mol. The predicted octanol–water partition coefficient (Wildman–Crippen LogP) is 4.54. The maximum atomic E-state index is 3.57. The van der Waals surface area contributed by atoms with E-state index in [9.17, 15) is 0 Å². The standard InChI is InChI=1S/C13H9.C13H21.C11H14.2ClH.Zr/c1-3-7-12-10(5-1)9-11-6-2-4-8-13(11)12;1-6-10-8-11(7-2)12(9-10)13(3,4)5;1-9-5-7-10(8-6-9)11(2,3)4;;;/h1-9H;9-10H,6-7H2,1-5H3;1,5-8H,2-4H3;2*1H;/q2*-1;;;;+2/p-2. The summed E-state index contributed by atoms with van der Waals surface area (Å²) in [5, 5.41) is 5.39. The summed E-state index contributed by atoms with van der Waals surface area (Å²) in [6, 6.07) is 28.1. The van der Waals surface area contributed by atoms with Gasteiger partial charge in [0.25, 0.3) is 0 Å². The van der Waals surface area contributed by atoms with Crippen LogP contribution in [0.4, 0.5) is 0 Å². The van der Waals surface area contributed by atoms with Gasteiger partial charge in [-0.1, -0.05) is 95.2 Å². The molecule has 0 amide bonds. The van der Waals surface area contributed by atoms with E-state index in [2.05, 4.69) is 150 Å². The van der Waals surface area contributed by atoms with E-state index in [1.165, 1.54) is 74.5 Å². The van der Waals surface area contributed by atoms with Crippen molar-refractivity contribution >= 4 is 25.3 Å². The van der Waals surface area contributed by atoms with Crippen molar-refractivity contribution in [3.63, 3.8) is 0 Å². The van der Waals surface area contributed by atoms with E-state index >= 15 is 0 Å². The molecule has 0 heterocycles. The summed E-state index contributed by atoms with van der Waals surface area (Å²) in [5.74, 6) is 0.573. The fourth-order valence-electron chi connectivity index (χ4n) is 4.84. The van der Waals surface area contributed by atoms with E-state index in [0.29, 0.717) is 11.3 Å². The first-order valence-electron chi connectivity index (χ1n) is 14.0. The Morgan fingerprint density at radius 2 is 1.25 bits per heavy atom. The van der Waals surface area contributed by atoms with E-state index in [0.717, 1.165) is 6.42 Å². The summed E-state index contributed by atoms with van der Waals surface area (Å²) in [6.45, 7) is 18.0. The molecule has 0 saturated heterocycles. The Balaban J connectivity index is 0.000000293. The summed E-state index contributed by atoms with van der Waals surface area (Å²) < 4.78 is 2.21. The molecule has 0 saturated carbocycles. The van der Waals surface area contributed by atoms with E-state index in [4.69, 9.17) is 0 Å². The SMILES string of the molecule is CC(C)(C)c1ccc([CH]=[Zr+2])cc1.CCC1=[C-]C(CC)C=C1C(C)(C)C.[Cl-].[Cl-].c1ccc2c(c1)[cH-]c1ccccc12.